The van der Waals surface area contributed by atoms with Crippen LogP contribution in [-0.2, 0) is 28.7 Å². The van der Waals surface area contributed by atoms with Gasteiger partial charge in [0.15, 0.2) is 17.2 Å². The predicted octanol–water partition coefficient (Wildman–Crippen LogP) is 5.85. The molecule has 17 nitrogen and oxygen atoms in total. The summed E-state index contributed by atoms with van der Waals surface area (Å²) >= 11 is 0. The molecule has 0 radical (unpaired) electrons. The normalized spacial score (nSPS) is 21.2. The molecule has 57 heavy (non-hydrogen) atoms. The number of rotatable bonds is 29. The maximum absolute atomic E-state index is 13.1. The molecule has 6 atom stereocenters. The van der Waals surface area contributed by atoms with Gasteiger partial charge in [-0.05, 0) is 18.6 Å². The molecule has 0 amide bonds. The van der Waals surface area contributed by atoms with Crippen LogP contribution in [0.15, 0.2) is 35.8 Å². The molecular weight excluding hydrogens is 755 g/mol. The molecule has 18 heteroatoms. The van der Waals surface area contributed by atoms with Crippen molar-refractivity contribution in [2.24, 2.45) is 4.99 Å². The summed E-state index contributed by atoms with van der Waals surface area (Å²) < 4.78 is 42.9. The van der Waals surface area contributed by atoms with Gasteiger partial charge in [-0.25, -0.2) is 24.0 Å². The number of nitrogen functional groups attached to an aromatic ring is 1. The molecule has 1 unspecified atom stereocenters. The van der Waals surface area contributed by atoms with E-state index in [0.29, 0.717) is 17.8 Å². The van der Waals surface area contributed by atoms with Gasteiger partial charge < -0.3 is 35.1 Å². The van der Waals surface area contributed by atoms with E-state index in [1.54, 1.807) is 12.1 Å². The summed E-state index contributed by atoms with van der Waals surface area (Å²) in [4.78, 5) is 26.4. The Balaban J connectivity index is 1.20. The Hall–Kier alpha value is -3.59. The van der Waals surface area contributed by atoms with Gasteiger partial charge in [0.05, 0.1) is 37.9 Å². The highest BCUT2D eigenvalue weighted by Gasteiger charge is 2.56. The van der Waals surface area contributed by atoms with E-state index in [1.807, 2.05) is 6.07 Å². The third-order valence-electron chi connectivity index (χ3n) is 10.00. The number of nitrogens with two attached hydrogens (primary N) is 1. The number of aliphatic imine (C=N–C) groups is 1. The first-order chi connectivity index (χ1) is 27.6. The van der Waals surface area contributed by atoms with Crippen molar-refractivity contribution in [2.75, 3.05) is 39.2 Å². The number of nitriles is 1. The van der Waals surface area contributed by atoms with Crippen LogP contribution in [0.2, 0.25) is 0 Å². The number of phosphoric acid groups is 1. The summed E-state index contributed by atoms with van der Waals surface area (Å²) in [5.41, 5.74) is 5.00. The largest absolute Gasteiger partial charge is 0.482 e. The fraction of sp³-hybridized carbons (Fsp3) is 0.692. The molecule has 316 valence electrons. The molecule has 0 aromatic carbocycles. The van der Waals surface area contributed by atoms with Crippen LogP contribution in [0.1, 0.15) is 121 Å². The zero-order chi connectivity index (χ0) is 40.9. The summed E-state index contributed by atoms with van der Waals surface area (Å²) in [5.74, 6) is 0.352. The van der Waals surface area contributed by atoms with Gasteiger partial charge in [-0.3, -0.25) is 14.0 Å². The minimum absolute atomic E-state index is 0.0214. The highest BCUT2D eigenvalue weighted by molar-refractivity contribution is 7.47. The second-order valence-electron chi connectivity index (χ2n) is 14.5. The molecule has 0 bridgehead atoms. The highest BCUT2D eigenvalue weighted by Crippen LogP contribution is 2.46. The van der Waals surface area contributed by atoms with E-state index in [2.05, 4.69) is 32.0 Å². The summed E-state index contributed by atoms with van der Waals surface area (Å²) in [7, 11) is -3.29. The van der Waals surface area contributed by atoms with Crippen molar-refractivity contribution in [1.29, 1.82) is 5.26 Å². The molecule has 0 aliphatic carbocycles. The molecule has 0 spiro atoms. The van der Waals surface area contributed by atoms with Gasteiger partial charge in [0.2, 0.25) is 5.82 Å². The SMILES string of the molecule is CCCCCCCCCCCCCCCCCCOC[C@H](COP(=O)(O)OC[C@H]1O[C@@](/C=N/C)(c2ccc3c(N)ncnn23)[C@H](O)[C@@H]1O)Oc1cnc(C#N)nc1. The second-order valence-corrected chi connectivity index (χ2v) is 15.9. The molecule has 1 fully saturated rings. The van der Waals surface area contributed by atoms with Crippen molar-refractivity contribution in [1.82, 2.24) is 24.6 Å². The van der Waals surface area contributed by atoms with Gasteiger partial charge in [-0.1, -0.05) is 103 Å². The lowest BCUT2D eigenvalue weighted by Gasteiger charge is -2.27. The van der Waals surface area contributed by atoms with Crippen LogP contribution in [0, 0.1) is 11.3 Å². The number of aliphatic hydroxyl groups is 2. The number of hydrogen-bond acceptors (Lipinski definition) is 15. The number of hydrogen-bond donors (Lipinski definition) is 4. The van der Waals surface area contributed by atoms with E-state index < -0.39 is 51.1 Å². The topological polar surface area (TPSA) is 242 Å². The minimum Gasteiger partial charge on any atom is -0.482 e. The lowest BCUT2D eigenvalue weighted by molar-refractivity contribution is -0.0551. The first-order valence-corrected chi connectivity index (χ1v) is 21.8. The van der Waals surface area contributed by atoms with Crippen molar-refractivity contribution in [3.63, 3.8) is 0 Å². The van der Waals surface area contributed by atoms with Crippen LogP contribution in [0.4, 0.5) is 5.82 Å². The molecule has 1 aliphatic rings. The lowest BCUT2D eigenvalue weighted by atomic mass is 9.92. The quantitative estimate of drug-likeness (QED) is 0.0365. The van der Waals surface area contributed by atoms with Crippen LogP contribution in [0.25, 0.3) is 5.52 Å². The fourth-order valence-corrected chi connectivity index (χ4v) is 7.66. The Labute approximate surface area is 335 Å². The van der Waals surface area contributed by atoms with Gasteiger partial charge in [0.25, 0.3) is 0 Å². The number of ether oxygens (including phenoxy) is 3. The van der Waals surface area contributed by atoms with Crippen molar-refractivity contribution in [3.8, 4) is 11.8 Å². The third-order valence-corrected chi connectivity index (χ3v) is 10.9. The number of nitrogens with zero attached hydrogens (tertiary/aromatic N) is 7. The van der Waals surface area contributed by atoms with Crippen molar-refractivity contribution >= 4 is 25.4 Å². The number of anilines is 1. The molecule has 5 N–H and O–H groups in total. The van der Waals surface area contributed by atoms with E-state index in [-0.39, 0.29) is 24.0 Å². The van der Waals surface area contributed by atoms with Crippen LogP contribution >= 0.6 is 7.82 Å². The van der Waals surface area contributed by atoms with E-state index in [0.717, 1.165) is 19.3 Å². The van der Waals surface area contributed by atoms with Crippen LogP contribution in [0.5, 0.6) is 5.75 Å². The lowest BCUT2D eigenvalue weighted by Crippen LogP contribution is -2.43. The Morgan fingerprint density at radius 3 is 2.18 bits per heavy atom. The summed E-state index contributed by atoms with van der Waals surface area (Å²) in [5, 5.41) is 35.4. The van der Waals surface area contributed by atoms with Crippen LogP contribution < -0.4 is 10.5 Å². The molecule has 4 rings (SSSR count). The smallest absolute Gasteiger partial charge is 0.472 e. The maximum atomic E-state index is 13.1. The fourth-order valence-electron chi connectivity index (χ4n) is 6.90. The molecule has 1 aliphatic heterocycles. The van der Waals surface area contributed by atoms with E-state index in [4.69, 9.17) is 34.3 Å². The predicted molar refractivity (Wildman–Crippen MR) is 214 cm³/mol. The molecule has 3 aromatic rings. The third kappa shape index (κ3) is 14.3. The van der Waals surface area contributed by atoms with Crippen molar-refractivity contribution in [2.45, 2.75) is 140 Å². The second kappa shape index (κ2) is 24.4. The molecular formula is C39H61N8O9P. The number of unbranched alkanes of at least 4 members (excludes halogenated alkanes) is 15. The first kappa shape index (κ1) is 46.1. The highest BCUT2D eigenvalue weighted by atomic mass is 31.2. The average molecular weight is 817 g/mol. The van der Waals surface area contributed by atoms with Gasteiger partial charge in [-0.2, -0.15) is 10.4 Å². The Morgan fingerprint density at radius 2 is 1.58 bits per heavy atom. The maximum Gasteiger partial charge on any atom is 0.472 e. The van der Waals surface area contributed by atoms with E-state index in [9.17, 15) is 19.7 Å². The Kier molecular flexibility index (Phi) is 19.7. The summed E-state index contributed by atoms with van der Waals surface area (Å²) in [6.07, 6.45) is 20.2. The molecule has 1 saturated heterocycles. The number of aliphatic hydroxyl groups excluding tert-OH is 2. The molecule has 4 heterocycles. The monoisotopic (exact) mass is 816 g/mol. The van der Waals surface area contributed by atoms with Crippen molar-refractivity contribution in [3.05, 3.63) is 42.4 Å². The van der Waals surface area contributed by atoms with Crippen LogP contribution in [0.3, 0.4) is 0 Å². The number of phosphoric ester groups is 1. The van der Waals surface area contributed by atoms with Gasteiger partial charge in [0, 0.05) is 19.9 Å². The zero-order valence-electron chi connectivity index (χ0n) is 33.4. The Bertz CT molecular complexity index is 1730. The van der Waals surface area contributed by atoms with Gasteiger partial charge in [-0.15, -0.1) is 0 Å². The zero-order valence-corrected chi connectivity index (χ0v) is 34.3. The van der Waals surface area contributed by atoms with E-state index in [1.165, 1.54) is 120 Å². The van der Waals surface area contributed by atoms with Gasteiger partial charge >= 0.3 is 7.82 Å². The van der Waals surface area contributed by atoms with E-state index >= 15 is 0 Å². The summed E-state index contributed by atoms with van der Waals surface area (Å²) in [6.45, 7) is 1.69. The standard InChI is InChI=1S/C39H61N8O9P/c1-3-4-5-6-7-8-9-10-11-12-13-14-15-16-17-18-21-52-25-31(55-30-23-43-35(22-40)44-24-30)26-53-57(50,51)54-27-33-36(48)37(49)39(56-33,28-42-2)34-20-19-32-38(41)45-29-46-47(32)34/h19-20,23-24,28-29,31,33,36-37,48-49H,3-18,21,25-27H2,1-2H3,(H,50,51)(H2,41,45,46)/b42-28+/t31-,33-,36-,37-,39+/m1/s1. The number of fused-ring (bicyclic) bond motifs is 1. The number of aromatic nitrogens is 5. The Morgan fingerprint density at radius 1 is 0.965 bits per heavy atom. The molecule has 3 aromatic heterocycles. The summed E-state index contributed by atoms with van der Waals surface area (Å²) in [6, 6.07) is 5.07. The van der Waals surface area contributed by atoms with Crippen molar-refractivity contribution < 1.29 is 42.9 Å². The average Bonchev–Trinajstić information content (AvgIpc) is 3.75. The molecule has 0 saturated carbocycles. The minimum atomic E-state index is -4.76. The van der Waals surface area contributed by atoms with Crippen LogP contribution in [-0.4, -0.2) is 104 Å². The van der Waals surface area contributed by atoms with Gasteiger partial charge in [0.1, 0.15) is 42.3 Å². The first-order valence-electron chi connectivity index (χ1n) is 20.3.